The van der Waals surface area contributed by atoms with Gasteiger partial charge >= 0.3 is 5.82 Å². The van der Waals surface area contributed by atoms with Crippen LogP contribution in [0.2, 0.25) is 0 Å². The van der Waals surface area contributed by atoms with Gasteiger partial charge in [-0.05, 0) is 40.7 Å². The van der Waals surface area contributed by atoms with Crippen molar-refractivity contribution in [2.45, 2.75) is 23.7 Å². The summed E-state index contributed by atoms with van der Waals surface area (Å²) in [5.74, 6) is -0.141. The summed E-state index contributed by atoms with van der Waals surface area (Å²) in [6, 6.07) is 7.81. The van der Waals surface area contributed by atoms with Gasteiger partial charge in [-0.1, -0.05) is 12.1 Å². The maximum atomic E-state index is 11.0. The van der Waals surface area contributed by atoms with Crippen LogP contribution in [-0.2, 0) is 13.6 Å². The smallest absolute Gasteiger partial charge is 0.358 e. The van der Waals surface area contributed by atoms with Crippen molar-refractivity contribution < 1.29 is 4.92 Å². The number of para-hydroxylation sites is 2. The molecule has 7 nitrogen and oxygen atoms in total. The number of hydrogen-bond acceptors (Lipinski definition) is 5. The molecule has 0 radical (unpaired) electrons. The molecule has 0 atom stereocenters. The largest absolute Gasteiger partial charge is 0.396 e. The first-order valence-corrected chi connectivity index (χ1v) is 7.22. The molecule has 0 amide bonds. The Morgan fingerprint density at radius 3 is 2.86 bits per heavy atom. The van der Waals surface area contributed by atoms with Gasteiger partial charge in [0.15, 0.2) is 10.2 Å². The van der Waals surface area contributed by atoms with E-state index in [9.17, 15) is 10.1 Å². The van der Waals surface area contributed by atoms with E-state index in [0.717, 1.165) is 22.7 Å². The number of nitro groups is 1. The number of rotatable bonds is 4. The van der Waals surface area contributed by atoms with E-state index >= 15 is 0 Å². The van der Waals surface area contributed by atoms with Gasteiger partial charge in [-0.25, -0.2) is 4.98 Å². The second kappa shape index (κ2) is 5.21. The van der Waals surface area contributed by atoms with E-state index in [4.69, 9.17) is 0 Å². The van der Waals surface area contributed by atoms with Gasteiger partial charge in [0.25, 0.3) is 0 Å². The summed E-state index contributed by atoms with van der Waals surface area (Å²) < 4.78 is 3.68. The Labute approximate surface area is 124 Å². The molecule has 0 aliphatic carbocycles. The monoisotopic (exact) mass is 303 g/mol. The lowest BCUT2D eigenvalue weighted by molar-refractivity contribution is -0.392. The summed E-state index contributed by atoms with van der Waals surface area (Å²) in [5, 5.41) is 12.2. The predicted octanol–water partition coefficient (Wildman–Crippen LogP) is 2.85. The number of imidazole rings is 2. The Kier molecular flexibility index (Phi) is 3.38. The van der Waals surface area contributed by atoms with Crippen LogP contribution in [-0.4, -0.2) is 24.0 Å². The summed E-state index contributed by atoms with van der Waals surface area (Å²) in [4.78, 5) is 19.0. The Hall–Kier alpha value is -2.35. The third-order valence-electron chi connectivity index (χ3n) is 3.16. The normalized spacial score (nSPS) is 11.1. The van der Waals surface area contributed by atoms with Gasteiger partial charge in [0, 0.05) is 13.6 Å². The van der Waals surface area contributed by atoms with Crippen LogP contribution in [0, 0.1) is 10.1 Å². The molecule has 3 rings (SSSR count). The average molecular weight is 303 g/mol. The van der Waals surface area contributed by atoms with Gasteiger partial charge in [0.1, 0.15) is 0 Å². The molecule has 0 spiro atoms. The molecule has 0 N–H and O–H groups in total. The highest BCUT2D eigenvalue weighted by Crippen LogP contribution is 2.34. The topological polar surface area (TPSA) is 78.8 Å². The number of nitrogens with zero attached hydrogens (tertiary/aromatic N) is 5. The molecule has 3 aromatic rings. The molecule has 0 saturated heterocycles. The van der Waals surface area contributed by atoms with E-state index < -0.39 is 4.92 Å². The Bertz CT molecular complexity index is 823. The first-order valence-electron chi connectivity index (χ1n) is 6.40. The van der Waals surface area contributed by atoms with Crippen LogP contribution in [0.15, 0.2) is 40.8 Å². The molecular weight excluding hydrogens is 290 g/mol. The summed E-state index contributed by atoms with van der Waals surface area (Å²) in [6.45, 7) is 2.77. The molecule has 0 fully saturated rings. The maximum Gasteiger partial charge on any atom is 0.396 e. The summed E-state index contributed by atoms with van der Waals surface area (Å²) in [6.07, 6.45) is 1.44. The molecule has 21 heavy (non-hydrogen) atoms. The highest BCUT2D eigenvalue weighted by molar-refractivity contribution is 7.99. The summed E-state index contributed by atoms with van der Waals surface area (Å²) >= 11 is 1.26. The second-order valence-corrected chi connectivity index (χ2v) is 5.43. The van der Waals surface area contributed by atoms with Crippen molar-refractivity contribution >= 4 is 28.6 Å². The van der Waals surface area contributed by atoms with Gasteiger partial charge in [0.2, 0.25) is 6.33 Å². The average Bonchev–Trinajstić information content (AvgIpc) is 3.00. The minimum absolute atomic E-state index is 0.141. The first-order chi connectivity index (χ1) is 10.1. The summed E-state index contributed by atoms with van der Waals surface area (Å²) in [7, 11) is 1.74. The summed E-state index contributed by atoms with van der Waals surface area (Å²) in [5.41, 5.74) is 1.90. The zero-order chi connectivity index (χ0) is 15.0. The van der Waals surface area contributed by atoms with Crippen molar-refractivity contribution in [3.05, 3.63) is 40.7 Å². The van der Waals surface area contributed by atoms with Crippen LogP contribution in [0.4, 0.5) is 5.82 Å². The molecule has 0 aliphatic rings. The van der Waals surface area contributed by atoms with Crippen LogP contribution in [0.25, 0.3) is 11.0 Å². The lowest BCUT2D eigenvalue weighted by Gasteiger charge is -2.05. The lowest BCUT2D eigenvalue weighted by Crippen LogP contribution is -1.99. The van der Waals surface area contributed by atoms with Crippen LogP contribution in [0.5, 0.6) is 0 Å². The fourth-order valence-corrected chi connectivity index (χ4v) is 3.24. The van der Waals surface area contributed by atoms with Crippen molar-refractivity contribution in [1.82, 2.24) is 19.1 Å². The third kappa shape index (κ3) is 2.27. The standard InChI is InChI=1S/C13H13N5O2S/c1-3-17-10-7-5-4-6-9(10)15-13(17)21-12-11(18(19)20)14-8-16(12)2/h4-8H,3H2,1-2H3. The number of fused-ring (bicyclic) bond motifs is 1. The molecule has 0 saturated carbocycles. The SMILES string of the molecule is CCn1c(Sc2c([N+](=O)[O-])ncn2C)nc2ccccc21. The fraction of sp³-hybridized carbons (Fsp3) is 0.231. The predicted molar refractivity (Wildman–Crippen MR) is 79.4 cm³/mol. The van der Waals surface area contributed by atoms with Crippen molar-refractivity contribution in [3.63, 3.8) is 0 Å². The Balaban J connectivity index is 2.10. The van der Waals surface area contributed by atoms with E-state index in [1.165, 1.54) is 18.1 Å². The quantitative estimate of drug-likeness (QED) is 0.547. The highest BCUT2D eigenvalue weighted by atomic mass is 32.2. The number of aromatic nitrogens is 4. The molecule has 0 unspecified atom stereocenters. The Morgan fingerprint density at radius 2 is 2.14 bits per heavy atom. The molecule has 8 heteroatoms. The van der Waals surface area contributed by atoms with E-state index in [2.05, 4.69) is 9.97 Å². The van der Waals surface area contributed by atoms with Crippen molar-refractivity contribution in [2.24, 2.45) is 7.05 Å². The molecule has 2 aromatic heterocycles. The zero-order valence-electron chi connectivity index (χ0n) is 11.6. The van der Waals surface area contributed by atoms with Crippen LogP contribution < -0.4 is 0 Å². The van der Waals surface area contributed by atoms with Crippen molar-refractivity contribution in [2.75, 3.05) is 0 Å². The van der Waals surface area contributed by atoms with E-state index in [1.807, 2.05) is 35.8 Å². The van der Waals surface area contributed by atoms with Gasteiger partial charge in [-0.3, -0.25) is 0 Å². The molecule has 1 aromatic carbocycles. The molecule has 2 heterocycles. The van der Waals surface area contributed by atoms with Gasteiger partial charge in [0.05, 0.1) is 11.0 Å². The van der Waals surface area contributed by atoms with E-state index in [1.54, 1.807) is 11.6 Å². The zero-order valence-corrected chi connectivity index (χ0v) is 12.4. The molecule has 108 valence electrons. The van der Waals surface area contributed by atoms with Crippen molar-refractivity contribution in [3.8, 4) is 0 Å². The lowest BCUT2D eigenvalue weighted by atomic mass is 10.3. The molecule has 0 bridgehead atoms. The van der Waals surface area contributed by atoms with Crippen LogP contribution in [0.3, 0.4) is 0 Å². The highest BCUT2D eigenvalue weighted by Gasteiger charge is 2.23. The Morgan fingerprint density at radius 1 is 1.38 bits per heavy atom. The van der Waals surface area contributed by atoms with Crippen LogP contribution >= 0.6 is 11.8 Å². The van der Waals surface area contributed by atoms with Gasteiger partial charge in [-0.15, -0.1) is 0 Å². The second-order valence-electron chi connectivity index (χ2n) is 4.47. The number of aryl methyl sites for hydroxylation is 2. The number of hydrogen-bond donors (Lipinski definition) is 0. The third-order valence-corrected chi connectivity index (χ3v) is 4.32. The minimum atomic E-state index is -0.471. The molecule has 0 aliphatic heterocycles. The number of benzene rings is 1. The minimum Gasteiger partial charge on any atom is -0.358 e. The maximum absolute atomic E-state index is 11.0. The van der Waals surface area contributed by atoms with Gasteiger partial charge < -0.3 is 19.2 Å². The van der Waals surface area contributed by atoms with Crippen molar-refractivity contribution in [1.29, 1.82) is 0 Å². The fourth-order valence-electron chi connectivity index (χ4n) is 2.17. The first kappa shape index (κ1) is 13.6. The van der Waals surface area contributed by atoms with Crippen LogP contribution in [0.1, 0.15) is 6.92 Å². The van der Waals surface area contributed by atoms with E-state index in [0.29, 0.717) is 5.03 Å². The molecular formula is C13H13N5O2S. The van der Waals surface area contributed by atoms with Gasteiger partial charge in [-0.2, -0.15) is 0 Å². The van der Waals surface area contributed by atoms with E-state index in [-0.39, 0.29) is 5.82 Å².